The van der Waals surface area contributed by atoms with E-state index in [1.807, 2.05) is 0 Å². The molecule has 1 amide bonds. The molecule has 0 aliphatic carbocycles. The van der Waals surface area contributed by atoms with E-state index in [4.69, 9.17) is 9.47 Å². The molecule has 0 heterocycles. The van der Waals surface area contributed by atoms with Crippen LogP contribution in [0.25, 0.3) is 0 Å². The molecule has 2 aromatic carbocycles. The summed E-state index contributed by atoms with van der Waals surface area (Å²) < 4.78 is 35.7. The van der Waals surface area contributed by atoms with Gasteiger partial charge in [0.2, 0.25) is 10.0 Å². The summed E-state index contributed by atoms with van der Waals surface area (Å²) in [6, 6.07) is 11.0. The first-order valence-electron chi connectivity index (χ1n) is 8.06. The number of amides is 1. The Morgan fingerprint density at radius 3 is 2.54 bits per heavy atom. The Bertz CT molecular complexity index is 975. The Balaban J connectivity index is 2.22. The highest BCUT2D eigenvalue weighted by atomic mass is 32.2. The van der Waals surface area contributed by atoms with Crippen LogP contribution in [0.3, 0.4) is 0 Å². The van der Waals surface area contributed by atoms with Crippen LogP contribution < -0.4 is 19.2 Å². The number of aromatic hydroxyl groups is 1. The number of phenols is 1. The highest BCUT2D eigenvalue weighted by Gasteiger charge is 2.24. The molecular weight excluding hydrogens is 386 g/mol. The van der Waals surface area contributed by atoms with E-state index in [0.717, 1.165) is 10.6 Å². The molecule has 9 nitrogen and oxygen atoms in total. The van der Waals surface area contributed by atoms with Gasteiger partial charge in [-0.25, -0.2) is 13.8 Å². The molecule has 28 heavy (non-hydrogen) atoms. The fourth-order valence-electron chi connectivity index (χ4n) is 2.31. The summed E-state index contributed by atoms with van der Waals surface area (Å²) in [5.74, 6) is -0.0134. The maximum Gasteiger partial charge on any atom is 0.260 e. The van der Waals surface area contributed by atoms with E-state index in [1.54, 1.807) is 30.3 Å². The second-order valence-electron chi connectivity index (χ2n) is 5.66. The molecule has 0 aliphatic rings. The van der Waals surface area contributed by atoms with E-state index in [-0.39, 0.29) is 17.2 Å². The zero-order valence-electron chi connectivity index (χ0n) is 15.6. The molecule has 150 valence electrons. The standard InChI is InChI=1S/C18H21N3O6S/c1-26-14-8-9-17(27-2)15(10-14)21(28(3,24)25)12-18(23)20-19-11-13-6-4-5-7-16(13)22/h4-11,22H,12H2,1-3H3,(H,20,23)/b19-11-. The minimum Gasteiger partial charge on any atom is -0.507 e. The maximum atomic E-state index is 12.3. The SMILES string of the molecule is COc1ccc(OC)c(N(CC(=O)N/N=C\c2ccccc2O)S(C)(=O)=O)c1. The summed E-state index contributed by atoms with van der Waals surface area (Å²) in [5.41, 5.74) is 2.79. The highest BCUT2D eigenvalue weighted by Crippen LogP contribution is 2.33. The van der Waals surface area contributed by atoms with Crippen molar-refractivity contribution in [2.24, 2.45) is 5.10 Å². The van der Waals surface area contributed by atoms with Crippen molar-refractivity contribution < 1.29 is 27.8 Å². The smallest absolute Gasteiger partial charge is 0.260 e. The summed E-state index contributed by atoms with van der Waals surface area (Å²) in [6.07, 6.45) is 2.23. The zero-order chi connectivity index (χ0) is 20.7. The minimum atomic E-state index is -3.81. The van der Waals surface area contributed by atoms with E-state index >= 15 is 0 Å². The average molecular weight is 407 g/mol. The van der Waals surface area contributed by atoms with Gasteiger partial charge in [0.1, 0.15) is 23.8 Å². The first kappa shape index (κ1) is 21.0. The number of nitrogens with zero attached hydrogens (tertiary/aromatic N) is 2. The van der Waals surface area contributed by atoms with Crippen LogP contribution >= 0.6 is 0 Å². The quantitative estimate of drug-likeness (QED) is 0.503. The summed E-state index contributed by atoms with van der Waals surface area (Å²) in [6.45, 7) is -0.527. The van der Waals surface area contributed by atoms with E-state index < -0.39 is 22.5 Å². The van der Waals surface area contributed by atoms with Crippen LogP contribution in [0.5, 0.6) is 17.2 Å². The van der Waals surface area contributed by atoms with Gasteiger partial charge in [0, 0.05) is 11.6 Å². The number of hydrazone groups is 1. The molecule has 2 aromatic rings. The lowest BCUT2D eigenvalue weighted by Crippen LogP contribution is -2.39. The fourth-order valence-corrected chi connectivity index (χ4v) is 3.16. The van der Waals surface area contributed by atoms with Gasteiger partial charge in [-0.05, 0) is 24.3 Å². The Kier molecular flexibility index (Phi) is 6.83. The van der Waals surface area contributed by atoms with E-state index in [2.05, 4.69) is 10.5 Å². The van der Waals surface area contributed by atoms with Gasteiger partial charge in [-0.15, -0.1) is 0 Å². The molecule has 2 N–H and O–H groups in total. The number of methoxy groups -OCH3 is 2. The molecule has 0 aliphatic heterocycles. The van der Waals surface area contributed by atoms with E-state index in [1.165, 1.54) is 32.6 Å². The first-order chi connectivity index (χ1) is 13.3. The average Bonchev–Trinajstić information content (AvgIpc) is 2.66. The number of rotatable bonds is 8. The number of para-hydroxylation sites is 1. The van der Waals surface area contributed by atoms with Crippen LogP contribution in [-0.4, -0.2) is 52.7 Å². The largest absolute Gasteiger partial charge is 0.507 e. The number of anilines is 1. The number of benzene rings is 2. The summed E-state index contributed by atoms with van der Waals surface area (Å²) in [4.78, 5) is 12.2. The van der Waals surface area contributed by atoms with E-state index in [9.17, 15) is 18.3 Å². The van der Waals surface area contributed by atoms with Gasteiger partial charge < -0.3 is 14.6 Å². The van der Waals surface area contributed by atoms with Gasteiger partial charge in [0.25, 0.3) is 5.91 Å². The van der Waals surface area contributed by atoms with Crippen molar-refractivity contribution in [3.05, 3.63) is 48.0 Å². The Hall–Kier alpha value is -3.27. The molecule has 0 aromatic heterocycles. The number of hydrogen-bond donors (Lipinski definition) is 2. The fraction of sp³-hybridized carbons (Fsp3) is 0.222. The second-order valence-corrected chi connectivity index (χ2v) is 7.57. The lowest BCUT2D eigenvalue weighted by molar-refractivity contribution is -0.119. The number of hydrogen-bond acceptors (Lipinski definition) is 7. The van der Waals surface area contributed by atoms with Crippen LogP contribution in [0.15, 0.2) is 47.6 Å². The van der Waals surface area contributed by atoms with Crippen molar-refractivity contribution in [1.82, 2.24) is 5.43 Å². The predicted octanol–water partition coefficient (Wildman–Crippen LogP) is 1.33. The number of nitrogens with one attached hydrogen (secondary N) is 1. The highest BCUT2D eigenvalue weighted by molar-refractivity contribution is 7.92. The van der Waals surface area contributed by atoms with Gasteiger partial charge in [-0.2, -0.15) is 5.10 Å². The summed E-state index contributed by atoms with van der Waals surface area (Å²) in [5, 5.41) is 13.4. The molecule has 2 rings (SSSR count). The number of carbonyl (C=O) groups excluding carboxylic acids is 1. The molecule has 0 bridgehead atoms. The monoisotopic (exact) mass is 407 g/mol. The summed E-state index contributed by atoms with van der Waals surface area (Å²) in [7, 11) is -0.977. The molecular formula is C18H21N3O6S. The van der Waals surface area contributed by atoms with Crippen molar-refractivity contribution in [1.29, 1.82) is 0 Å². The van der Waals surface area contributed by atoms with Crippen LogP contribution in [0.4, 0.5) is 5.69 Å². The number of carbonyl (C=O) groups is 1. The van der Waals surface area contributed by atoms with Crippen LogP contribution in [0, 0.1) is 0 Å². The maximum absolute atomic E-state index is 12.3. The van der Waals surface area contributed by atoms with Crippen molar-refractivity contribution in [2.45, 2.75) is 0 Å². The van der Waals surface area contributed by atoms with Gasteiger partial charge in [0.05, 0.1) is 32.4 Å². The van der Waals surface area contributed by atoms with Gasteiger partial charge in [0.15, 0.2) is 0 Å². The Morgan fingerprint density at radius 2 is 1.93 bits per heavy atom. The van der Waals surface area contributed by atoms with Crippen LogP contribution in [-0.2, 0) is 14.8 Å². The topological polar surface area (TPSA) is 118 Å². The molecule has 0 radical (unpaired) electrons. The summed E-state index contributed by atoms with van der Waals surface area (Å²) >= 11 is 0. The van der Waals surface area contributed by atoms with Crippen LogP contribution in [0.1, 0.15) is 5.56 Å². The Morgan fingerprint density at radius 1 is 1.21 bits per heavy atom. The minimum absolute atomic E-state index is 0.000576. The number of phenolic OH excluding ortho intramolecular Hbond substituents is 1. The lowest BCUT2D eigenvalue weighted by atomic mass is 10.2. The van der Waals surface area contributed by atoms with E-state index in [0.29, 0.717) is 11.3 Å². The van der Waals surface area contributed by atoms with Crippen molar-refractivity contribution in [3.8, 4) is 17.2 Å². The van der Waals surface area contributed by atoms with Crippen molar-refractivity contribution in [2.75, 3.05) is 31.3 Å². The molecule has 10 heteroatoms. The molecule has 0 fully saturated rings. The third-order valence-corrected chi connectivity index (χ3v) is 4.80. The van der Waals surface area contributed by atoms with Gasteiger partial charge in [-0.1, -0.05) is 12.1 Å². The van der Waals surface area contributed by atoms with Crippen molar-refractivity contribution >= 4 is 27.8 Å². The predicted molar refractivity (Wildman–Crippen MR) is 106 cm³/mol. The third-order valence-electron chi connectivity index (χ3n) is 3.67. The molecule has 0 spiro atoms. The second kappa shape index (κ2) is 9.09. The molecule has 0 unspecified atom stereocenters. The molecule has 0 saturated heterocycles. The molecule has 0 atom stereocenters. The number of ether oxygens (including phenoxy) is 2. The van der Waals surface area contributed by atoms with Gasteiger partial charge >= 0.3 is 0 Å². The lowest BCUT2D eigenvalue weighted by Gasteiger charge is -2.23. The van der Waals surface area contributed by atoms with Gasteiger partial charge in [-0.3, -0.25) is 9.10 Å². The Labute approximate surface area is 163 Å². The normalized spacial score (nSPS) is 11.2. The zero-order valence-corrected chi connectivity index (χ0v) is 16.4. The third kappa shape index (κ3) is 5.36. The number of sulfonamides is 1. The first-order valence-corrected chi connectivity index (χ1v) is 9.90. The van der Waals surface area contributed by atoms with Crippen LogP contribution in [0.2, 0.25) is 0 Å². The molecule has 0 saturated carbocycles. The van der Waals surface area contributed by atoms with Crippen molar-refractivity contribution in [3.63, 3.8) is 0 Å².